The summed E-state index contributed by atoms with van der Waals surface area (Å²) in [4.78, 5) is 32.4. The van der Waals surface area contributed by atoms with Crippen molar-refractivity contribution in [2.45, 2.75) is 12.8 Å². The van der Waals surface area contributed by atoms with Gasteiger partial charge in [-0.2, -0.15) is 5.10 Å². The molecule has 36 heavy (non-hydrogen) atoms. The number of hydrogen-bond donors (Lipinski definition) is 3. The quantitative estimate of drug-likeness (QED) is 0.265. The molecule has 184 valence electrons. The number of carbonyl (C=O) groups excluding carboxylic acids is 2. The second kappa shape index (κ2) is 10.9. The third kappa shape index (κ3) is 5.89. The Balaban J connectivity index is 1.17. The van der Waals surface area contributed by atoms with Gasteiger partial charge in [0.1, 0.15) is 11.6 Å². The third-order valence-electron chi connectivity index (χ3n) is 5.51. The maximum Gasteiger partial charge on any atom is 0.319 e. The Bertz CT molecular complexity index is 1400. The van der Waals surface area contributed by atoms with E-state index in [2.05, 4.69) is 25.7 Å². The minimum Gasteiger partial charge on any atom is -0.469 e. The van der Waals surface area contributed by atoms with Crippen molar-refractivity contribution in [3.05, 3.63) is 83.0 Å². The Labute approximate surface area is 216 Å². The molecule has 0 unspecified atom stereocenters. The zero-order valence-electron chi connectivity index (χ0n) is 19.2. The van der Waals surface area contributed by atoms with Gasteiger partial charge in [0.2, 0.25) is 0 Å². The first kappa shape index (κ1) is 24.0. The van der Waals surface area contributed by atoms with Gasteiger partial charge in [-0.1, -0.05) is 29.4 Å². The van der Waals surface area contributed by atoms with Gasteiger partial charge in [0.25, 0.3) is 0 Å². The predicted octanol–water partition coefficient (Wildman–Crippen LogP) is 5.48. The van der Waals surface area contributed by atoms with Crippen molar-refractivity contribution in [2.75, 3.05) is 24.2 Å². The van der Waals surface area contributed by atoms with E-state index in [1.54, 1.807) is 30.5 Å². The number of hydrazone groups is 1. The molecule has 2 aromatic carbocycles. The number of benzene rings is 2. The number of imidazole rings is 1. The second-order valence-corrected chi connectivity index (χ2v) is 9.50. The van der Waals surface area contributed by atoms with Crippen molar-refractivity contribution in [1.82, 2.24) is 20.3 Å². The number of rotatable bonds is 8. The molecule has 3 N–H and O–H groups in total. The number of furan rings is 1. The van der Waals surface area contributed by atoms with Gasteiger partial charge in [-0.3, -0.25) is 4.79 Å². The maximum absolute atomic E-state index is 12.4. The minimum atomic E-state index is -0.320. The first-order chi connectivity index (χ1) is 17.5. The van der Waals surface area contributed by atoms with Gasteiger partial charge >= 0.3 is 11.3 Å². The summed E-state index contributed by atoms with van der Waals surface area (Å²) in [5.74, 6) is 2.15. The Kier molecular flexibility index (Phi) is 7.24. The molecule has 0 atom stereocenters. The van der Waals surface area contributed by atoms with E-state index >= 15 is 0 Å². The lowest BCUT2D eigenvalue weighted by atomic mass is 10.1. The number of carbonyl (C=O) groups is 2. The molecule has 0 fully saturated rings. The Morgan fingerprint density at radius 3 is 2.86 bits per heavy atom. The molecule has 0 bridgehead atoms. The monoisotopic (exact) mass is 522 g/mol. The van der Waals surface area contributed by atoms with Gasteiger partial charge in [-0.05, 0) is 55.0 Å². The topological polar surface area (TPSA) is 116 Å². The molecule has 3 amide bonds. The van der Waals surface area contributed by atoms with Gasteiger partial charge in [-0.25, -0.2) is 14.8 Å². The molecule has 1 aliphatic heterocycles. The van der Waals surface area contributed by atoms with E-state index in [4.69, 9.17) is 16.0 Å². The van der Waals surface area contributed by atoms with Gasteiger partial charge < -0.3 is 20.0 Å². The molecule has 4 aromatic rings. The van der Waals surface area contributed by atoms with Crippen molar-refractivity contribution in [3.63, 3.8) is 0 Å². The van der Waals surface area contributed by atoms with E-state index in [1.165, 1.54) is 16.8 Å². The molecule has 1 aliphatic rings. The molecule has 3 heterocycles. The van der Waals surface area contributed by atoms with Gasteiger partial charge in [-0.15, -0.1) is 0 Å². The molecule has 0 saturated heterocycles. The molecule has 9 nitrogen and oxygen atoms in total. The molecule has 0 aliphatic carbocycles. The number of halogens is 1. The average molecular weight is 523 g/mol. The van der Waals surface area contributed by atoms with E-state index < -0.39 is 0 Å². The smallest absolute Gasteiger partial charge is 0.319 e. The van der Waals surface area contributed by atoms with Crippen molar-refractivity contribution < 1.29 is 14.0 Å². The van der Waals surface area contributed by atoms with Crippen LogP contribution in [0, 0.1) is 0 Å². The number of urea groups is 1. The standard InChI is InChI=1S/C25H23ClN6O3S/c26-17-5-7-18(8-6-17)28-24(33)27-10-2-11-32-25(34)36-15-22(31-32)16-4-9-20-21(13-16)30-23(29-20)14-19-3-1-12-35-19/h1,3-9,12-13H,2,10-11,14-15H2,(H,29,30)(H2,27,28,33). The van der Waals surface area contributed by atoms with Crippen LogP contribution in [-0.2, 0) is 6.42 Å². The highest BCUT2D eigenvalue weighted by Gasteiger charge is 2.22. The summed E-state index contributed by atoms with van der Waals surface area (Å²) >= 11 is 7.07. The van der Waals surface area contributed by atoms with Crippen molar-refractivity contribution in [3.8, 4) is 0 Å². The number of nitrogens with one attached hydrogen (secondary N) is 3. The van der Waals surface area contributed by atoms with Gasteiger partial charge in [0.05, 0.1) is 29.4 Å². The van der Waals surface area contributed by atoms with Crippen molar-refractivity contribution in [2.24, 2.45) is 5.10 Å². The number of aromatic nitrogens is 2. The summed E-state index contributed by atoms with van der Waals surface area (Å²) in [6.07, 6.45) is 2.79. The lowest BCUT2D eigenvalue weighted by Gasteiger charge is -2.23. The summed E-state index contributed by atoms with van der Waals surface area (Å²) < 4.78 is 5.41. The largest absolute Gasteiger partial charge is 0.469 e. The van der Waals surface area contributed by atoms with Crippen LogP contribution < -0.4 is 10.6 Å². The van der Waals surface area contributed by atoms with Crippen LogP contribution in [0.15, 0.2) is 70.4 Å². The normalized spacial score (nSPS) is 13.6. The average Bonchev–Trinajstić information content (AvgIpc) is 3.53. The minimum absolute atomic E-state index is 0.106. The fourth-order valence-electron chi connectivity index (χ4n) is 3.74. The fraction of sp³-hybridized carbons (Fsp3) is 0.200. The molecule has 11 heteroatoms. The number of anilines is 1. The predicted molar refractivity (Wildman–Crippen MR) is 142 cm³/mol. The third-order valence-corrected chi connectivity index (χ3v) is 6.63. The molecule has 0 saturated carbocycles. The molecular weight excluding hydrogens is 500 g/mol. The number of aromatic amines is 1. The zero-order valence-corrected chi connectivity index (χ0v) is 20.7. The van der Waals surface area contributed by atoms with Crippen LogP contribution in [0.5, 0.6) is 0 Å². The molecule has 5 rings (SSSR count). The zero-order chi connectivity index (χ0) is 24.9. The first-order valence-corrected chi connectivity index (χ1v) is 12.7. The van der Waals surface area contributed by atoms with E-state index in [0.29, 0.717) is 42.4 Å². The Morgan fingerprint density at radius 1 is 1.19 bits per heavy atom. The summed E-state index contributed by atoms with van der Waals surface area (Å²) in [6.45, 7) is 0.797. The lowest BCUT2D eigenvalue weighted by molar-refractivity contribution is 0.224. The Hall–Kier alpha value is -3.76. The van der Waals surface area contributed by atoms with Crippen LogP contribution in [0.1, 0.15) is 23.6 Å². The van der Waals surface area contributed by atoms with Gasteiger partial charge in [0.15, 0.2) is 0 Å². The highest BCUT2D eigenvalue weighted by molar-refractivity contribution is 8.14. The van der Waals surface area contributed by atoms with Crippen LogP contribution in [-0.4, -0.2) is 50.8 Å². The van der Waals surface area contributed by atoms with Gasteiger partial charge in [0, 0.05) is 35.1 Å². The number of amides is 3. The van der Waals surface area contributed by atoms with Crippen LogP contribution in [0.3, 0.4) is 0 Å². The SMILES string of the molecule is O=C(NCCCN1N=C(c2ccc3[nH]c(Cc4ccco4)nc3c2)CSC1=O)Nc1ccc(Cl)cc1. The van der Waals surface area contributed by atoms with Crippen LogP contribution in [0.2, 0.25) is 5.02 Å². The highest BCUT2D eigenvalue weighted by atomic mass is 35.5. The van der Waals surface area contributed by atoms with Crippen molar-refractivity contribution >= 4 is 57.1 Å². The summed E-state index contributed by atoms with van der Waals surface area (Å²) in [5.41, 5.74) is 4.15. The lowest BCUT2D eigenvalue weighted by Crippen LogP contribution is -2.34. The molecule has 0 spiro atoms. The van der Waals surface area contributed by atoms with E-state index in [0.717, 1.165) is 33.9 Å². The fourth-order valence-corrected chi connectivity index (χ4v) is 4.63. The van der Waals surface area contributed by atoms with Crippen LogP contribution >= 0.6 is 23.4 Å². The van der Waals surface area contributed by atoms with Crippen LogP contribution in [0.4, 0.5) is 15.3 Å². The van der Waals surface area contributed by atoms with E-state index in [1.807, 2.05) is 30.3 Å². The summed E-state index contributed by atoms with van der Waals surface area (Å²) in [5, 5.41) is 12.1. The summed E-state index contributed by atoms with van der Waals surface area (Å²) in [7, 11) is 0. The maximum atomic E-state index is 12.4. The first-order valence-electron chi connectivity index (χ1n) is 11.4. The van der Waals surface area contributed by atoms with E-state index in [-0.39, 0.29) is 11.3 Å². The van der Waals surface area contributed by atoms with Crippen LogP contribution in [0.25, 0.3) is 11.0 Å². The van der Waals surface area contributed by atoms with E-state index in [9.17, 15) is 9.59 Å². The number of nitrogens with zero attached hydrogens (tertiary/aromatic N) is 3. The summed E-state index contributed by atoms with van der Waals surface area (Å²) in [6, 6.07) is 16.2. The Morgan fingerprint density at radius 2 is 2.06 bits per heavy atom. The highest BCUT2D eigenvalue weighted by Crippen LogP contribution is 2.23. The second-order valence-electron chi connectivity index (χ2n) is 8.14. The number of fused-ring (bicyclic) bond motifs is 1. The molecular formula is C25H23ClN6O3S. The molecule has 2 aromatic heterocycles. The molecule has 0 radical (unpaired) electrons. The number of thioether (sulfide) groups is 1. The number of hydrogen-bond acceptors (Lipinski definition) is 6. The number of H-pyrrole nitrogens is 1. The van der Waals surface area contributed by atoms with Crippen molar-refractivity contribution in [1.29, 1.82) is 0 Å².